The van der Waals surface area contributed by atoms with Gasteiger partial charge >= 0.3 is 6.03 Å². The van der Waals surface area contributed by atoms with E-state index in [-0.39, 0.29) is 0 Å². The lowest BCUT2D eigenvalue weighted by Gasteiger charge is -2.31. The van der Waals surface area contributed by atoms with E-state index in [0.29, 0.717) is 11.6 Å². The minimum atomic E-state index is -0.584. The standard InChI is InChI=1S/C30H33N5O2/c1-19(2)23-9-5-6-10-26(23)34-17-16-25-24(18-34)29(21-12-14-22(15-13-21)32-30(31)36)35(33-25)28-20(3)8-7-11-27(28)37-4/h5-15,19H,16-18H2,1-4H3,(H3,31,32,36). The zero-order valence-corrected chi connectivity index (χ0v) is 21.8. The maximum absolute atomic E-state index is 11.3. The fourth-order valence-corrected chi connectivity index (χ4v) is 5.22. The zero-order chi connectivity index (χ0) is 26.1. The summed E-state index contributed by atoms with van der Waals surface area (Å²) in [6.07, 6.45) is 0.845. The molecule has 4 aromatic rings. The molecule has 0 saturated carbocycles. The van der Waals surface area contributed by atoms with Crippen molar-refractivity contribution in [2.75, 3.05) is 23.9 Å². The molecule has 0 aliphatic carbocycles. The lowest BCUT2D eigenvalue weighted by Crippen LogP contribution is -2.31. The highest BCUT2D eigenvalue weighted by atomic mass is 16.5. The quantitative estimate of drug-likeness (QED) is 0.342. The number of ether oxygens (including phenoxy) is 1. The molecule has 1 aliphatic rings. The average molecular weight is 496 g/mol. The molecule has 0 spiro atoms. The highest BCUT2D eigenvalue weighted by Gasteiger charge is 2.29. The first-order chi connectivity index (χ1) is 17.9. The minimum absolute atomic E-state index is 0.432. The van der Waals surface area contributed by atoms with Crippen molar-refractivity contribution in [3.63, 3.8) is 0 Å². The first-order valence-electron chi connectivity index (χ1n) is 12.6. The molecular weight excluding hydrogens is 462 g/mol. The highest BCUT2D eigenvalue weighted by Crippen LogP contribution is 2.39. The van der Waals surface area contributed by atoms with Crippen LogP contribution in [0.15, 0.2) is 66.7 Å². The van der Waals surface area contributed by atoms with Crippen molar-refractivity contribution in [3.8, 4) is 22.7 Å². The van der Waals surface area contributed by atoms with Gasteiger partial charge in [-0.15, -0.1) is 0 Å². The average Bonchev–Trinajstić information content (AvgIpc) is 3.26. The van der Waals surface area contributed by atoms with Gasteiger partial charge in [-0.05, 0) is 48.2 Å². The number of urea groups is 1. The van der Waals surface area contributed by atoms with Crippen LogP contribution in [0.2, 0.25) is 0 Å². The van der Waals surface area contributed by atoms with Crippen molar-refractivity contribution < 1.29 is 9.53 Å². The highest BCUT2D eigenvalue weighted by molar-refractivity contribution is 5.88. The van der Waals surface area contributed by atoms with E-state index in [2.05, 4.69) is 61.3 Å². The number of hydrogen-bond acceptors (Lipinski definition) is 4. The number of methoxy groups -OCH3 is 1. The van der Waals surface area contributed by atoms with Crippen molar-refractivity contribution in [1.29, 1.82) is 0 Å². The molecule has 1 aliphatic heterocycles. The first kappa shape index (κ1) is 24.4. The van der Waals surface area contributed by atoms with Gasteiger partial charge in [0.05, 0.1) is 18.5 Å². The number of hydrogen-bond donors (Lipinski definition) is 2. The fraction of sp³-hybridized carbons (Fsp3) is 0.267. The summed E-state index contributed by atoms with van der Waals surface area (Å²) in [7, 11) is 1.69. The third kappa shape index (κ3) is 4.65. The van der Waals surface area contributed by atoms with Gasteiger partial charge in [0.15, 0.2) is 0 Å². The smallest absolute Gasteiger partial charge is 0.316 e. The molecule has 7 heteroatoms. The fourth-order valence-electron chi connectivity index (χ4n) is 5.22. The Balaban J connectivity index is 1.67. The van der Waals surface area contributed by atoms with Crippen LogP contribution in [0.25, 0.3) is 16.9 Å². The number of amides is 2. The van der Waals surface area contributed by atoms with Crippen LogP contribution in [0.4, 0.5) is 16.2 Å². The van der Waals surface area contributed by atoms with Crippen LogP contribution in [-0.4, -0.2) is 29.5 Å². The summed E-state index contributed by atoms with van der Waals surface area (Å²) in [5, 5.41) is 7.79. The van der Waals surface area contributed by atoms with E-state index < -0.39 is 6.03 Å². The third-order valence-corrected chi connectivity index (χ3v) is 6.99. The number of nitrogens with two attached hydrogens (primary N) is 1. The predicted octanol–water partition coefficient (Wildman–Crippen LogP) is 6.03. The Morgan fingerprint density at radius 2 is 1.81 bits per heavy atom. The van der Waals surface area contributed by atoms with E-state index in [0.717, 1.165) is 53.5 Å². The van der Waals surface area contributed by atoms with Gasteiger partial charge in [-0.2, -0.15) is 5.10 Å². The molecule has 0 atom stereocenters. The van der Waals surface area contributed by atoms with Crippen molar-refractivity contribution in [2.24, 2.45) is 5.73 Å². The van der Waals surface area contributed by atoms with E-state index in [1.165, 1.54) is 16.8 Å². The Morgan fingerprint density at radius 1 is 1.05 bits per heavy atom. The zero-order valence-electron chi connectivity index (χ0n) is 21.8. The summed E-state index contributed by atoms with van der Waals surface area (Å²) in [6, 6.07) is 21.9. The number of fused-ring (bicyclic) bond motifs is 1. The number of anilines is 2. The van der Waals surface area contributed by atoms with Crippen molar-refractivity contribution in [3.05, 3.63) is 89.1 Å². The molecule has 0 fully saturated rings. The molecule has 1 aromatic heterocycles. The van der Waals surface area contributed by atoms with E-state index in [4.69, 9.17) is 15.6 Å². The van der Waals surface area contributed by atoms with Crippen LogP contribution in [0, 0.1) is 6.92 Å². The Bertz CT molecular complexity index is 1440. The summed E-state index contributed by atoms with van der Waals surface area (Å²) < 4.78 is 7.80. The predicted molar refractivity (Wildman–Crippen MR) is 149 cm³/mol. The molecule has 5 rings (SSSR count). The second kappa shape index (κ2) is 10.0. The summed E-state index contributed by atoms with van der Waals surface area (Å²) in [6.45, 7) is 8.21. The van der Waals surface area contributed by atoms with E-state index in [1.807, 2.05) is 41.1 Å². The van der Waals surface area contributed by atoms with Gasteiger partial charge in [0, 0.05) is 42.0 Å². The van der Waals surface area contributed by atoms with Gasteiger partial charge in [-0.1, -0.05) is 56.3 Å². The number of carbonyl (C=O) groups excluding carboxylic acids is 1. The summed E-state index contributed by atoms with van der Waals surface area (Å²) in [4.78, 5) is 13.8. The largest absolute Gasteiger partial charge is 0.494 e. The number of nitrogens with zero attached hydrogens (tertiary/aromatic N) is 3. The Kier molecular flexibility index (Phi) is 6.61. The van der Waals surface area contributed by atoms with E-state index >= 15 is 0 Å². The number of carbonyl (C=O) groups is 1. The number of primary amides is 1. The Labute approximate surface area is 217 Å². The molecule has 190 valence electrons. The maximum atomic E-state index is 11.3. The molecule has 7 nitrogen and oxygen atoms in total. The van der Waals surface area contributed by atoms with Gasteiger partial charge in [0.2, 0.25) is 0 Å². The van der Waals surface area contributed by atoms with Crippen LogP contribution in [0.3, 0.4) is 0 Å². The van der Waals surface area contributed by atoms with Gasteiger partial charge in [-0.25, -0.2) is 9.48 Å². The molecule has 0 radical (unpaired) electrons. The normalized spacial score (nSPS) is 12.9. The Morgan fingerprint density at radius 3 is 2.51 bits per heavy atom. The van der Waals surface area contributed by atoms with E-state index in [1.54, 1.807) is 7.11 Å². The van der Waals surface area contributed by atoms with Gasteiger partial charge in [0.1, 0.15) is 11.4 Å². The van der Waals surface area contributed by atoms with Crippen molar-refractivity contribution in [2.45, 2.75) is 39.7 Å². The van der Waals surface area contributed by atoms with Gasteiger partial charge in [0.25, 0.3) is 0 Å². The monoisotopic (exact) mass is 495 g/mol. The number of rotatable bonds is 6. The van der Waals surface area contributed by atoms with Crippen LogP contribution in [-0.2, 0) is 13.0 Å². The number of aromatic nitrogens is 2. The molecule has 0 bridgehead atoms. The van der Waals surface area contributed by atoms with Crippen LogP contribution >= 0.6 is 0 Å². The van der Waals surface area contributed by atoms with Crippen LogP contribution < -0.4 is 20.7 Å². The number of para-hydroxylation sites is 2. The number of benzene rings is 3. The second-order valence-electron chi connectivity index (χ2n) is 9.76. The molecule has 0 unspecified atom stereocenters. The lowest BCUT2D eigenvalue weighted by molar-refractivity contribution is 0.259. The molecule has 2 amide bonds. The van der Waals surface area contributed by atoms with Crippen LogP contribution in [0.5, 0.6) is 5.75 Å². The first-order valence-corrected chi connectivity index (χ1v) is 12.6. The maximum Gasteiger partial charge on any atom is 0.316 e. The van der Waals surface area contributed by atoms with Crippen molar-refractivity contribution in [1.82, 2.24) is 9.78 Å². The Hall–Kier alpha value is -4.26. The molecule has 2 heterocycles. The SMILES string of the molecule is COc1cccc(C)c1-n1nc2c(c1-c1ccc(NC(N)=O)cc1)CN(c1ccccc1C(C)C)CC2. The van der Waals surface area contributed by atoms with Gasteiger partial charge < -0.3 is 20.7 Å². The third-order valence-electron chi connectivity index (χ3n) is 6.99. The molecule has 37 heavy (non-hydrogen) atoms. The number of aryl methyl sites for hydroxylation is 1. The van der Waals surface area contributed by atoms with E-state index in [9.17, 15) is 4.79 Å². The summed E-state index contributed by atoms with van der Waals surface area (Å²) >= 11 is 0. The second-order valence-corrected chi connectivity index (χ2v) is 9.76. The van der Waals surface area contributed by atoms with Crippen molar-refractivity contribution >= 4 is 17.4 Å². The summed E-state index contributed by atoms with van der Waals surface area (Å²) in [5.41, 5.74) is 14.9. The topological polar surface area (TPSA) is 85.4 Å². The minimum Gasteiger partial charge on any atom is -0.494 e. The molecule has 3 aromatic carbocycles. The van der Waals surface area contributed by atoms with Gasteiger partial charge in [-0.3, -0.25) is 0 Å². The molecule has 3 N–H and O–H groups in total. The number of nitrogens with one attached hydrogen (secondary N) is 1. The molecule has 0 saturated heterocycles. The lowest BCUT2D eigenvalue weighted by atomic mass is 9.96. The summed E-state index contributed by atoms with van der Waals surface area (Å²) in [5.74, 6) is 1.21. The van der Waals surface area contributed by atoms with Crippen LogP contribution in [0.1, 0.15) is 42.1 Å². The molecular formula is C30H33N5O2.